The maximum absolute atomic E-state index is 6.02. The van der Waals surface area contributed by atoms with Crippen molar-refractivity contribution >= 4 is 11.6 Å². The van der Waals surface area contributed by atoms with E-state index in [1.54, 1.807) is 17.9 Å². The molecule has 0 unspecified atom stereocenters. The number of aryl methyl sites for hydroxylation is 2. The van der Waals surface area contributed by atoms with Gasteiger partial charge in [0.05, 0.1) is 16.9 Å². The van der Waals surface area contributed by atoms with Gasteiger partial charge < -0.3 is 4.42 Å². The normalized spacial score (nSPS) is 10.7. The van der Waals surface area contributed by atoms with Gasteiger partial charge in [0, 0.05) is 7.05 Å². The molecule has 4 nitrogen and oxygen atoms in total. The minimum atomic E-state index is 0.494. The number of hydrogen-bond acceptors (Lipinski definition) is 3. The van der Waals surface area contributed by atoms with Crippen LogP contribution in [0.5, 0.6) is 0 Å². The van der Waals surface area contributed by atoms with Gasteiger partial charge in [-0.05, 0) is 6.92 Å². The van der Waals surface area contributed by atoms with Crippen LogP contribution in [-0.4, -0.2) is 14.8 Å². The fraction of sp³-hybridized carbons (Fsp3) is 0.250. The van der Waals surface area contributed by atoms with E-state index in [0.717, 1.165) is 5.69 Å². The van der Waals surface area contributed by atoms with Crippen LogP contribution in [0.25, 0.3) is 11.6 Å². The van der Waals surface area contributed by atoms with Crippen molar-refractivity contribution in [1.82, 2.24) is 14.8 Å². The first-order valence-electron chi connectivity index (χ1n) is 3.79. The van der Waals surface area contributed by atoms with Crippen LogP contribution < -0.4 is 0 Å². The van der Waals surface area contributed by atoms with E-state index in [-0.39, 0.29) is 0 Å². The summed E-state index contributed by atoms with van der Waals surface area (Å²) < 4.78 is 6.79. The van der Waals surface area contributed by atoms with Gasteiger partial charge >= 0.3 is 0 Å². The van der Waals surface area contributed by atoms with Gasteiger partial charge in [-0.15, -0.1) is 0 Å². The van der Waals surface area contributed by atoms with E-state index < -0.39 is 0 Å². The summed E-state index contributed by atoms with van der Waals surface area (Å²) in [7, 11) is 1.80. The van der Waals surface area contributed by atoms with Crippen LogP contribution in [0, 0.1) is 6.92 Å². The summed E-state index contributed by atoms with van der Waals surface area (Å²) in [5.41, 5.74) is 1.49. The Balaban J connectivity index is 2.64. The predicted molar refractivity (Wildman–Crippen MR) is 48.5 cm³/mol. The molecule has 0 aliphatic heterocycles. The zero-order chi connectivity index (χ0) is 9.42. The van der Waals surface area contributed by atoms with Gasteiger partial charge in [0.2, 0.25) is 5.89 Å². The lowest BCUT2D eigenvalue weighted by Gasteiger charge is -1.95. The lowest BCUT2D eigenvalue weighted by atomic mass is 10.3. The van der Waals surface area contributed by atoms with E-state index in [9.17, 15) is 0 Å². The summed E-state index contributed by atoms with van der Waals surface area (Å²) in [5, 5.41) is 4.74. The summed E-state index contributed by atoms with van der Waals surface area (Å²) in [6.07, 6.45) is 3.09. The molecule has 0 aromatic carbocycles. The van der Waals surface area contributed by atoms with E-state index in [2.05, 4.69) is 10.1 Å². The summed E-state index contributed by atoms with van der Waals surface area (Å²) in [6.45, 7) is 1.84. The lowest BCUT2D eigenvalue weighted by Crippen LogP contribution is -1.93. The number of oxazole rings is 1. The van der Waals surface area contributed by atoms with E-state index in [1.165, 1.54) is 6.26 Å². The fourth-order valence-electron chi connectivity index (χ4n) is 1.20. The van der Waals surface area contributed by atoms with E-state index in [1.807, 2.05) is 6.92 Å². The monoisotopic (exact) mass is 197 g/mol. The molecule has 0 radical (unpaired) electrons. The third-order valence-corrected chi connectivity index (χ3v) is 2.24. The van der Waals surface area contributed by atoms with Crippen molar-refractivity contribution in [2.24, 2.45) is 7.05 Å². The smallest absolute Gasteiger partial charge is 0.246 e. The second-order valence-electron chi connectivity index (χ2n) is 2.71. The van der Waals surface area contributed by atoms with Gasteiger partial charge in [-0.2, -0.15) is 5.10 Å². The van der Waals surface area contributed by atoms with Crippen molar-refractivity contribution in [3.63, 3.8) is 0 Å². The Kier molecular flexibility index (Phi) is 1.84. The third kappa shape index (κ3) is 1.23. The first kappa shape index (κ1) is 8.31. The van der Waals surface area contributed by atoms with Gasteiger partial charge in [0.1, 0.15) is 12.0 Å². The van der Waals surface area contributed by atoms with Crippen molar-refractivity contribution in [2.75, 3.05) is 0 Å². The molecular weight excluding hydrogens is 190 g/mol. The van der Waals surface area contributed by atoms with Crippen LogP contribution in [-0.2, 0) is 7.05 Å². The third-order valence-electron chi connectivity index (χ3n) is 1.78. The standard InChI is InChI=1S/C8H8ClN3O/c1-5-6(9)7(12(2)11-5)8-10-3-4-13-8/h3-4H,1-2H3. The Morgan fingerprint density at radius 2 is 2.31 bits per heavy atom. The van der Waals surface area contributed by atoms with Crippen molar-refractivity contribution in [3.05, 3.63) is 23.2 Å². The Morgan fingerprint density at radius 1 is 1.54 bits per heavy atom. The molecule has 0 amide bonds. The van der Waals surface area contributed by atoms with Crippen molar-refractivity contribution in [2.45, 2.75) is 6.92 Å². The van der Waals surface area contributed by atoms with Crippen molar-refractivity contribution in [1.29, 1.82) is 0 Å². The molecule has 0 aliphatic carbocycles. The molecule has 2 aromatic heterocycles. The molecule has 0 saturated heterocycles. The SMILES string of the molecule is Cc1nn(C)c(-c2ncco2)c1Cl. The number of halogens is 1. The van der Waals surface area contributed by atoms with Gasteiger partial charge in [-0.25, -0.2) is 4.98 Å². The number of nitrogens with zero attached hydrogens (tertiary/aromatic N) is 3. The summed E-state index contributed by atoms with van der Waals surface area (Å²) >= 11 is 6.02. The molecule has 0 atom stereocenters. The van der Waals surface area contributed by atoms with Crippen LogP contribution >= 0.6 is 11.6 Å². The highest BCUT2D eigenvalue weighted by atomic mass is 35.5. The quantitative estimate of drug-likeness (QED) is 0.703. The van der Waals surface area contributed by atoms with E-state index >= 15 is 0 Å². The van der Waals surface area contributed by atoms with Crippen molar-refractivity contribution < 1.29 is 4.42 Å². The second-order valence-corrected chi connectivity index (χ2v) is 3.09. The van der Waals surface area contributed by atoms with Crippen LogP contribution in [0.4, 0.5) is 0 Å². The second kappa shape index (κ2) is 2.88. The summed E-state index contributed by atoms with van der Waals surface area (Å²) in [6, 6.07) is 0. The molecule has 0 bridgehead atoms. The number of hydrogen-bond donors (Lipinski definition) is 0. The van der Waals surface area contributed by atoms with Crippen molar-refractivity contribution in [3.8, 4) is 11.6 Å². The highest BCUT2D eigenvalue weighted by Crippen LogP contribution is 2.28. The Hall–Kier alpha value is -1.29. The minimum absolute atomic E-state index is 0.494. The van der Waals surface area contributed by atoms with Crippen LogP contribution in [0.3, 0.4) is 0 Å². The first-order chi connectivity index (χ1) is 6.20. The molecule has 0 aliphatic rings. The minimum Gasteiger partial charge on any atom is -0.443 e. The number of aromatic nitrogens is 3. The molecule has 0 spiro atoms. The molecule has 13 heavy (non-hydrogen) atoms. The van der Waals surface area contributed by atoms with Crippen LogP contribution in [0.1, 0.15) is 5.69 Å². The fourth-order valence-corrected chi connectivity index (χ4v) is 1.45. The van der Waals surface area contributed by atoms with Gasteiger partial charge in [0.15, 0.2) is 0 Å². The molecule has 68 valence electrons. The molecule has 2 rings (SSSR count). The average molecular weight is 198 g/mol. The molecule has 0 N–H and O–H groups in total. The summed E-state index contributed by atoms with van der Waals surface area (Å²) in [5.74, 6) is 0.494. The maximum Gasteiger partial charge on any atom is 0.246 e. The van der Waals surface area contributed by atoms with E-state index in [4.69, 9.17) is 16.0 Å². The van der Waals surface area contributed by atoms with Gasteiger partial charge in [0.25, 0.3) is 0 Å². The lowest BCUT2D eigenvalue weighted by molar-refractivity contribution is 0.565. The highest BCUT2D eigenvalue weighted by Gasteiger charge is 2.16. The Bertz CT molecular complexity index is 419. The molecule has 2 heterocycles. The largest absolute Gasteiger partial charge is 0.443 e. The average Bonchev–Trinajstić information content (AvgIpc) is 2.63. The van der Waals surface area contributed by atoms with Gasteiger partial charge in [-0.1, -0.05) is 11.6 Å². The van der Waals surface area contributed by atoms with E-state index in [0.29, 0.717) is 16.6 Å². The topological polar surface area (TPSA) is 43.9 Å². The Morgan fingerprint density at radius 3 is 2.77 bits per heavy atom. The maximum atomic E-state index is 6.02. The van der Waals surface area contributed by atoms with Gasteiger partial charge in [-0.3, -0.25) is 4.68 Å². The Labute approximate surface area is 80.1 Å². The zero-order valence-electron chi connectivity index (χ0n) is 7.28. The predicted octanol–water partition coefficient (Wildman–Crippen LogP) is 2.04. The van der Waals surface area contributed by atoms with Crippen LogP contribution in [0.15, 0.2) is 16.9 Å². The number of rotatable bonds is 1. The molecule has 2 aromatic rings. The molecular formula is C8H8ClN3O. The molecule has 0 fully saturated rings. The highest BCUT2D eigenvalue weighted by molar-refractivity contribution is 6.33. The molecule has 0 saturated carbocycles. The summed E-state index contributed by atoms with van der Waals surface area (Å²) in [4.78, 5) is 4.01. The van der Waals surface area contributed by atoms with Crippen LogP contribution in [0.2, 0.25) is 5.02 Å². The first-order valence-corrected chi connectivity index (χ1v) is 4.17. The molecule has 5 heteroatoms. The zero-order valence-corrected chi connectivity index (χ0v) is 8.04.